The molecule has 1 aromatic rings. The second-order valence-corrected chi connectivity index (χ2v) is 5.21. The molecule has 2 rings (SSSR count). The number of nitrogens with zero attached hydrogens (tertiary/aromatic N) is 1. The standard InChI is InChI=1S/C14H20N2O3/c1-14(2)9-15-13(17)8-16(14)11-7-10(18-3)5-6-12(11)19-4/h5-7H,8-9H2,1-4H3,(H,15,17). The Hall–Kier alpha value is -1.91. The van der Waals surface area contributed by atoms with E-state index < -0.39 is 0 Å². The molecule has 1 N–H and O–H groups in total. The normalized spacial score (nSPS) is 17.9. The van der Waals surface area contributed by atoms with E-state index in [2.05, 4.69) is 19.2 Å². The van der Waals surface area contributed by atoms with E-state index in [9.17, 15) is 4.79 Å². The van der Waals surface area contributed by atoms with Gasteiger partial charge >= 0.3 is 0 Å². The van der Waals surface area contributed by atoms with Crippen molar-refractivity contribution in [2.24, 2.45) is 0 Å². The molecular weight excluding hydrogens is 244 g/mol. The topological polar surface area (TPSA) is 50.8 Å². The summed E-state index contributed by atoms with van der Waals surface area (Å²) in [6.07, 6.45) is 0. The first-order valence-corrected chi connectivity index (χ1v) is 6.24. The molecule has 5 nitrogen and oxygen atoms in total. The Kier molecular flexibility index (Phi) is 3.55. The van der Waals surface area contributed by atoms with Crippen LogP contribution in [-0.4, -0.2) is 38.8 Å². The lowest BCUT2D eigenvalue weighted by molar-refractivity contribution is -0.121. The highest BCUT2D eigenvalue weighted by molar-refractivity contribution is 5.84. The van der Waals surface area contributed by atoms with Gasteiger partial charge in [-0.25, -0.2) is 0 Å². The zero-order chi connectivity index (χ0) is 14.0. The molecule has 0 saturated carbocycles. The van der Waals surface area contributed by atoms with E-state index in [4.69, 9.17) is 9.47 Å². The fourth-order valence-corrected chi connectivity index (χ4v) is 2.24. The largest absolute Gasteiger partial charge is 0.497 e. The van der Waals surface area contributed by atoms with Gasteiger partial charge in [0.2, 0.25) is 5.91 Å². The van der Waals surface area contributed by atoms with Crippen LogP contribution in [0.4, 0.5) is 5.69 Å². The van der Waals surface area contributed by atoms with Crippen LogP contribution in [0, 0.1) is 0 Å². The first-order valence-electron chi connectivity index (χ1n) is 6.24. The summed E-state index contributed by atoms with van der Waals surface area (Å²) < 4.78 is 10.7. The molecule has 0 unspecified atom stereocenters. The van der Waals surface area contributed by atoms with Crippen LogP contribution in [-0.2, 0) is 4.79 Å². The van der Waals surface area contributed by atoms with Crippen LogP contribution in [0.1, 0.15) is 13.8 Å². The molecule has 0 aliphatic carbocycles. The molecule has 1 aromatic carbocycles. The summed E-state index contributed by atoms with van der Waals surface area (Å²) in [5.74, 6) is 1.50. The van der Waals surface area contributed by atoms with Gasteiger partial charge in [-0.3, -0.25) is 4.79 Å². The lowest BCUT2D eigenvalue weighted by atomic mass is 9.98. The smallest absolute Gasteiger partial charge is 0.239 e. The summed E-state index contributed by atoms with van der Waals surface area (Å²) in [5, 5.41) is 2.89. The number of carbonyl (C=O) groups excluding carboxylic acids is 1. The summed E-state index contributed by atoms with van der Waals surface area (Å²) in [7, 11) is 3.25. The summed E-state index contributed by atoms with van der Waals surface area (Å²) in [4.78, 5) is 13.7. The maximum Gasteiger partial charge on any atom is 0.239 e. The monoisotopic (exact) mass is 264 g/mol. The first kappa shape index (κ1) is 13.5. The Balaban J connectivity index is 2.45. The quantitative estimate of drug-likeness (QED) is 0.897. The molecule has 0 spiro atoms. The van der Waals surface area contributed by atoms with Crippen molar-refractivity contribution < 1.29 is 14.3 Å². The molecule has 0 aromatic heterocycles. The number of amides is 1. The van der Waals surface area contributed by atoms with Crippen LogP contribution >= 0.6 is 0 Å². The van der Waals surface area contributed by atoms with Gasteiger partial charge in [-0.2, -0.15) is 0 Å². The summed E-state index contributed by atoms with van der Waals surface area (Å²) in [6, 6.07) is 5.61. The van der Waals surface area contributed by atoms with Gasteiger partial charge in [0.25, 0.3) is 0 Å². The molecule has 0 bridgehead atoms. The van der Waals surface area contributed by atoms with Crippen LogP contribution < -0.4 is 19.7 Å². The molecule has 0 atom stereocenters. The van der Waals surface area contributed by atoms with Crippen molar-refractivity contribution in [2.75, 3.05) is 32.2 Å². The number of methoxy groups -OCH3 is 2. The third-order valence-electron chi connectivity index (χ3n) is 3.43. The zero-order valence-electron chi connectivity index (χ0n) is 11.8. The van der Waals surface area contributed by atoms with Crippen LogP contribution in [0.15, 0.2) is 18.2 Å². The predicted octanol–water partition coefficient (Wildman–Crippen LogP) is 1.42. The van der Waals surface area contributed by atoms with E-state index in [1.165, 1.54) is 0 Å². The number of hydrogen-bond acceptors (Lipinski definition) is 4. The molecule has 104 valence electrons. The molecule has 1 aliphatic heterocycles. The second-order valence-electron chi connectivity index (χ2n) is 5.21. The minimum Gasteiger partial charge on any atom is -0.497 e. The van der Waals surface area contributed by atoms with Crippen molar-refractivity contribution in [3.63, 3.8) is 0 Å². The fourth-order valence-electron chi connectivity index (χ4n) is 2.24. The lowest BCUT2D eigenvalue weighted by Gasteiger charge is -2.44. The van der Waals surface area contributed by atoms with Gasteiger partial charge in [-0.05, 0) is 26.0 Å². The SMILES string of the molecule is COc1ccc(OC)c(N2CC(=O)NCC2(C)C)c1. The van der Waals surface area contributed by atoms with Crippen molar-refractivity contribution in [1.29, 1.82) is 0 Å². The number of carbonyl (C=O) groups is 1. The number of piperazine rings is 1. The summed E-state index contributed by atoms with van der Waals surface area (Å²) >= 11 is 0. The lowest BCUT2D eigenvalue weighted by Crippen LogP contribution is -2.60. The second kappa shape index (κ2) is 4.99. The Morgan fingerprint density at radius 2 is 2.00 bits per heavy atom. The van der Waals surface area contributed by atoms with Crippen molar-refractivity contribution in [3.8, 4) is 11.5 Å². The van der Waals surface area contributed by atoms with Gasteiger partial charge in [-0.1, -0.05) is 0 Å². The Labute approximate surface area is 113 Å². The van der Waals surface area contributed by atoms with Crippen molar-refractivity contribution in [3.05, 3.63) is 18.2 Å². The van der Waals surface area contributed by atoms with Gasteiger partial charge in [0.1, 0.15) is 11.5 Å². The summed E-state index contributed by atoms with van der Waals surface area (Å²) in [5.41, 5.74) is 0.704. The number of hydrogen-bond donors (Lipinski definition) is 1. The van der Waals surface area contributed by atoms with E-state index >= 15 is 0 Å². The highest BCUT2D eigenvalue weighted by Gasteiger charge is 2.34. The highest BCUT2D eigenvalue weighted by Crippen LogP contribution is 2.36. The zero-order valence-corrected chi connectivity index (χ0v) is 11.8. The minimum atomic E-state index is -0.173. The third-order valence-corrected chi connectivity index (χ3v) is 3.43. The van der Waals surface area contributed by atoms with Crippen molar-refractivity contribution in [1.82, 2.24) is 5.32 Å². The van der Waals surface area contributed by atoms with Gasteiger partial charge in [0, 0.05) is 12.6 Å². The van der Waals surface area contributed by atoms with Crippen LogP contribution in [0.5, 0.6) is 11.5 Å². The van der Waals surface area contributed by atoms with E-state index in [0.717, 1.165) is 17.2 Å². The van der Waals surface area contributed by atoms with E-state index in [-0.39, 0.29) is 11.4 Å². The molecule has 5 heteroatoms. The summed E-state index contributed by atoms with van der Waals surface area (Å²) in [6.45, 7) is 5.10. The Morgan fingerprint density at radius 1 is 1.26 bits per heavy atom. The Bertz CT molecular complexity index is 486. The number of rotatable bonds is 3. The van der Waals surface area contributed by atoms with E-state index in [0.29, 0.717) is 13.1 Å². The maximum atomic E-state index is 11.7. The van der Waals surface area contributed by atoms with Crippen molar-refractivity contribution >= 4 is 11.6 Å². The maximum absolute atomic E-state index is 11.7. The van der Waals surface area contributed by atoms with Gasteiger partial charge in [0.05, 0.1) is 32.0 Å². The van der Waals surface area contributed by atoms with E-state index in [1.54, 1.807) is 14.2 Å². The predicted molar refractivity (Wildman–Crippen MR) is 74.0 cm³/mol. The molecule has 1 aliphatic rings. The molecule has 1 heterocycles. The third kappa shape index (κ3) is 2.59. The van der Waals surface area contributed by atoms with Crippen LogP contribution in [0.3, 0.4) is 0 Å². The number of nitrogens with one attached hydrogen (secondary N) is 1. The first-order chi connectivity index (χ1) is 8.97. The molecule has 1 fully saturated rings. The van der Waals surface area contributed by atoms with Crippen molar-refractivity contribution in [2.45, 2.75) is 19.4 Å². The average Bonchev–Trinajstić information content (AvgIpc) is 2.41. The minimum absolute atomic E-state index is 0.0178. The molecule has 1 saturated heterocycles. The van der Waals surface area contributed by atoms with Gasteiger partial charge in [-0.15, -0.1) is 0 Å². The molecular formula is C14H20N2O3. The highest BCUT2D eigenvalue weighted by atomic mass is 16.5. The number of anilines is 1. The van der Waals surface area contributed by atoms with Crippen LogP contribution in [0.25, 0.3) is 0 Å². The molecule has 19 heavy (non-hydrogen) atoms. The van der Waals surface area contributed by atoms with E-state index in [1.807, 2.05) is 23.1 Å². The fraction of sp³-hybridized carbons (Fsp3) is 0.500. The Morgan fingerprint density at radius 3 is 2.63 bits per heavy atom. The van der Waals surface area contributed by atoms with Crippen LogP contribution in [0.2, 0.25) is 0 Å². The molecule has 0 radical (unpaired) electrons. The number of benzene rings is 1. The van der Waals surface area contributed by atoms with Gasteiger partial charge < -0.3 is 19.7 Å². The van der Waals surface area contributed by atoms with Gasteiger partial charge in [0.15, 0.2) is 0 Å². The average molecular weight is 264 g/mol. The number of ether oxygens (including phenoxy) is 2. The molecule has 1 amide bonds.